The first-order valence-corrected chi connectivity index (χ1v) is 7.42. The van der Waals surface area contributed by atoms with Crippen molar-refractivity contribution in [1.29, 1.82) is 0 Å². The van der Waals surface area contributed by atoms with Crippen molar-refractivity contribution in [1.82, 2.24) is 5.32 Å². The highest BCUT2D eigenvalue weighted by molar-refractivity contribution is 5.79. The molecular weight excluding hydrogens is 294 g/mol. The first-order valence-electron chi connectivity index (χ1n) is 7.42. The standard InChI is InChI=1S/C18H17NO4/c20-9-12(10-21)19-18(22)23-11-17-15-7-3-1-5-13(15)14-6-2-4-8-16(14)17/h1-9,12,17,21H,10-11H2,(H,19,22)/t12-/m1/s1. The molecule has 23 heavy (non-hydrogen) atoms. The molecule has 2 N–H and O–H groups in total. The van der Waals surface area contributed by atoms with Crippen LogP contribution < -0.4 is 5.32 Å². The Labute approximate surface area is 133 Å². The van der Waals surface area contributed by atoms with Gasteiger partial charge in [0.2, 0.25) is 0 Å². The second-order valence-electron chi connectivity index (χ2n) is 5.40. The Morgan fingerprint density at radius 2 is 1.70 bits per heavy atom. The van der Waals surface area contributed by atoms with Crippen LogP contribution in [0.1, 0.15) is 17.0 Å². The van der Waals surface area contributed by atoms with Crippen molar-refractivity contribution < 1.29 is 19.4 Å². The minimum absolute atomic E-state index is 0.0306. The van der Waals surface area contributed by atoms with E-state index in [1.165, 1.54) is 0 Å². The third-order valence-electron chi connectivity index (χ3n) is 4.01. The van der Waals surface area contributed by atoms with Crippen LogP contribution >= 0.6 is 0 Å². The molecule has 1 amide bonds. The molecule has 1 aliphatic carbocycles. The Morgan fingerprint density at radius 1 is 1.13 bits per heavy atom. The number of aliphatic hydroxyl groups excluding tert-OH is 1. The highest BCUT2D eigenvalue weighted by atomic mass is 16.5. The van der Waals surface area contributed by atoms with Crippen LogP contribution in [-0.4, -0.2) is 36.7 Å². The molecule has 1 aliphatic rings. The van der Waals surface area contributed by atoms with Crippen molar-refractivity contribution in [2.75, 3.05) is 13.2 Å². The molecule has 2 aromatic carbocycles. The van der Waals surface area contributed by atoms with Gasteiger partial charge in [0.25, 0.3) is 0 Å². The molecule has 0 spiro atoms. The number of carbonyl (C=O) groups excluding carboxylic acids is 2. The number of alkyl carbamates (subject to hydrolysis) is 1. The average Bonchev–Trinajstić information content (AvgIpc) is 2.92. The van der Waals surface area contributed by atoms with Crippen LogP contribution in [0, 0.1) is 0 Å². The number of hydrogen-bond donors (Lipinski definition) is 2. The molecule has 0 fully saturated rings. The van der Waals surface area contributed by atoms with Crippen LogP contribution in [0.25, 0.3) is 11.1 Å². The topological polar surface area (TPSA) is 75.6 Å². The van der Waals surface area contributed by atoms with Crippen LogP contribution in [0.5, 0.6) is 0 Å². The maximum absolute atomic E-state index is 11.7. The molecule has 5 nitrogen and oxygen atoms in total. The maximum atomic E-state index is 11.7. The summed E-state index contributed by atoms with van der Waals surface area (Å²) in [5.41, 5.74) is 4.54. The monoisotopic (exact) mass is 311 g/mol. The minimum Gasteiger partial charge on any atom is -0.449 e. The van der Waals surface area contributed by atoms with E-state index in [0.717, 1.165) is 22.3 Å². The SMILES string of the molecule is O=C[C@H](CO)NC(=O)OCC1c2ccccc2-c2ccccc21. The van der Waals surface area contributed by atoms with E-state index in [-0.39, 0.29) is 12.5 Å². The number of nitrogens with one attached hydrogen (secondary N) is 1. The highest BCUT2D eigenvalue weighted by Gasteiger charge is 2.29. The van der Waals surface area contributed by atoms with Crippen molar-refractivity contribution in [2.24, 2.45) is 0 Å². The van der Waals surface area contributed by atoms with E-state index in [1.54, 1.807) is 0 Å². The zero-order valence-corrected chi connectivity index (χ0v) is 12.4. The van der Waals surface area contributed by atoms with Gasteiger partial charge in [0, 0.05) is 5.92 Å². The van der Waals surface area contributed by atoms with Gasteiger partial charge < -0.3 is 20.0 Å². The Hall–Kier alpha value is -2.66. The molecule has 118 valence electrons. The predicted molar refractivity (Wildman–Crippen MR) is 85.1 cm³/mol. The van der Waals surface area contributed by atoms with Crippen molar-refractivity contribution in [2.45, 2.75) is 12.0 Å². The fourth-order valence-corrected chi connectivity index (χ4v) is 2.91. The third kappa shape index (κ3) is 2.96. The summed E-state index contributed by atoms with van der Waals surface area (Å²) in [4.78, 5) is 22.4. The summed E-state index contributed by atoms with van der Waals surface area (Å²) in [6.45, 7) is -0.273. The Morgan fingerprint density at radius 3 is 2.22 bits per heavy atom. The summed E-state index contributed by atoms with van der Waals surface area (Å²) >= 11 is 0. The molecule has 1 atom stereocenters. The van der Waals surface area contributed by atoms with Gasteiger partial charge in [-0.25, -0.2) is 4.79 Å². The van der Waals surface area contributed by atoms with Gasteiger partial charge >= 0.3 is 6.09 Å². The maximum Gasteiger partial charge on any atom is 0.407 e. The van der Waals surface area contributed by atoms with Crippen LogP contribution in [0.3, 0.4) is 0 Å². The molecule has 0 bridgehead atoms. The fourth-order valence-electron chi connectivity index (χ4n) is 2.91. The van der Waals surface area contributed by atoms with Gasteiger partial charge in [-0.15, -0.1) is 0 Å². The summed E-state index contributed by atoms with van der Waals surface area (Å²) in [6.07, 6.45) is -0.237. The lowest BCUT2D eigenvalue weighted by molar-refractivity contribution is -0.110. The lowest BCUT2D eigenvalue weighted by Crippen LogP contribution is -2.39. The molecule has 0 aromatic heterocycles. The van der Waals surface area contributed by atoms with Crippen molar-refractivity contribution in [3.05, 3.63) is 59.7 Å². The summed E-state index contributed by atoms with van der Waals surface area (Å²) in [6, 6.07) is 15.1. The fraction of sp³-hybridized carbons (Fsp3) is 0.222. The molecule has 0 saturated heterocycles. The van der Waals surface area contributed by atoms with E-state index in [2.05, 4.69) is 17.4 Å². The molecule has 0 unspecified atom stereocenters. The number of aliphatic hydroxyl groups is 1. The second kappa shape index (κ2) is 6.62. The number of benzene rings is 2. The van der Waals surface area contributed by atoms with Gasteiger partial charge in [0.05, 0.1) is 6.61 Å². The summed E-state index contributed by atoms with van der Waals surface area (Å²) < 4.78 is 5.25. The predicted octanol–water partition coefficient (Wildman–Crippen LogP) is 2.08. The number of carbonyl (C=O) groups is 2. The van der Waals surface area contributed by atoms with Crippen molar-refractivity contribution >= 4 is 12.4 Å². The smallest absolute Gasteiger partial charge is 0.407 e. The number of fused-ring (bicyclic) bond motifs is 3. The zero-order chi connectivity index (χ0) is 16.2. The molecule has 2 aromatic rings. The molecule has 3 rings (SSSR count). The van der Waals surface area contributed by atoms with E-state index in [1.807, 2.05) is 36.4 Å². The van der Waals surface area contributed by atoms with E-state index >= 15 is 0 Å². The first-order chi connectivity index (χ1) is 11.2. The molecular formula is C18H17NO4. The van der Waals surface area contributed by atoms with E-state index in [4.69, 9.17) is 9.84 Å². The van der Waals surface area contributed by atoms with Gasteiger partial charge in [-0.3, -0.25) is 0 Å². The molecule has 0 radical (unpaired) electrons. The van der Waals surface area contributed by atoms with Gasteiger partial charge in [0.1, 0.15) is 18.9 Å². The Kier molecular flexibility index (Phi) is 4.39. The number of amides is 1. The van der Waals surface area contributed by atoms with Gasteiger partial charge in [-0.05, 0) is 22.3 Å². The number of aldehydes is 1. The van der Waals surface area contributed by atoms with E-state index in [0.29, 0.717) is 6.29 Å². The molecule has 5 heteroatoms. The number of ether oxygens (including phenoxy) is 1. The van der Waals surface area contributed by atoms with Gasteiger partial charge in [-0.2, -0.15) is 0 Å². The molecule has 0 heterocycles. The van der Waals surface area contributed by atoms with Gasteiger partial charge in [0.15, 0.2) is 0 Å². The first kappa shape index (κ1) is 15.2. The lowest BCUT2D eigenvalue weighted by Gasteiger charge is -2.15. The normalized spacial score (nSPS) is 13.8. The quantitative estimate of drug-likeness (QED) is 0.829. The summed E-state index contributed by atoms with van der Waals surface area (Å²) in [5, 5.41) is 11.2. The van der Waals surface area contributed by atoms with Gasteiger partial charge in [-0.1, -0.05) is 48.5 Å². The van der Waals surface area contributed by atoms with Crippen LogP contribution in [0.4, 0.5) is 4.79 Å². The van der Waals surface area contributed by atoms with E-state index in [9.17, 15) is 9.59 Å². The molecule has 0 aliphatic heterocycles. The molecule has 0 saturated carbocycles. The summed E-state index contributed by atoms with van der Waals surface area (Å²) in [7, 11) is 0. The highest BCUT2D eigenvalue weighted by Crippen LogP contribution is 2.44. The Bertz CT molecular complexity index is 683. The van der Waals surface area contributed by atoms with Crippen molar-refractivity contribution in [3.8, 4) is 11.1 Å². The van der Waals surface area contributed by atoms with E-state index < -0.39 is 18.7 Å². The zero-order valence-electron chi connectivity index (χ0n) is 12.4. The van der Waals surface area contributed by atoms with Crippen molar-refractivity contribution in [3.63, 3.8) is 0 Å². The van der Waals surface area contributed by atoms with Crippen LogP contribution in [0.2, 0.25) is 0 Å². The number of rotatable bonds is 5. The van der Waals surface area contributed by atoms with Crippen LogP contribution in [0.15, 0.2) is 48.5 Å². The number of hydrogen-bond acceptors (Lipinski definition) is 4. The Balaban J connectivity index is 1.76. The second-order valence-corrected chi connectivity index (χ2v) is 5.40. The summed E-state index contributed by atoms with van der Waals surface area (Å²) in [5.74, 6) is -0.0306. The minimum atomic E-state index is -0.939. The lowest BCUT2D eigenvalue weighted by atomic mass is 9.98. The third-order valence-corrected chi connectivity index (χ3v) is 4.01. The van der Waals surface area contributed by atoms with Crippen LogP contribution in [-0.2, 0) is 9.53 Å². The largest absolute Gasteiger partial charge is 0.449 e. The average molecular weight is 311 g/mol.